The molecule has 1 atom stereocenters. The van der Waals surface area contributed by atoms with E-state index in [9.17, 15) is 110 Å². The van der Waals surface area contributed by atoms with Crippen LogP contribution in [-0.4, -0.2) is 23.9 Å². The molecule has 1 nitrogen and oxygen atoms in total. The van der Waals surface area contributed by atoms with Crippen molar-refractivity contribution in [3.05, 3.63) is 183 Å². The molecule has 0 heterocycles. The van der Waals surface area contributed by atoms with Gasteiger partial charge in [0.25, 0.3) is 0 Å². The third-order valence-corrected chi connectivity index (χ3v) is 13.3. The second-order valence-corrected chi connectivity index (χ2v) is 18.6. The van der Waals surface area contributed by atoms with Gasteiger partial charge in [0.2, 0.25) is 5.78 Å². The van der Waals surface area contributed by atoms with Crippen molar-refractivity contribution >= 4 is 44.7 Å². The predicted octanol–water partition coefficient (Wildman–Crippen LogP) is 14.7. The number of halogens is 24. The van der Waals surface area contributed by atoms with Crippen LogP contribution in [0.1, 0.15) is 60.4 Å². The van der Waals surface area contributed by atoms with Crippen molar-refractivity contribution in [1.82, 2.24) is 0 Å². The van der Waals surface area contributed by atoms with Crippen LogP contribution in [0, 0.1) is 6.92 Å². The van der Waals surface area contributed by atoms with Crippen LogP contribution in [0.3, 0.4) is 0 Å². The van der Waals surface area contributed by atoms with Crippen LogP contribution in [-0.2, 0) is 60.3 Å². The highest BCUT2D eigenvalue weighted by Gasteiger charge is 2.47. The van der Waals surface area contributed by atoms with Gasteiger partial charge in [0.15, 0.2) is 10.6 Å². The summed E-state index contributed by atoms with van der Waals surface area (Å²) in [5.74, 6) is 0.819. The SMILES string of the molecule is Cc1ccccc1[S+](C)CC(=O)c1ccccc1.FC(F)(F)c1cc([B-](c2cc(C(F)(F)F)cc(C(F)(F)F)c2)(c2cc(C(F)(F)F)cc(C(F)(F)F)c2)c2cc(C(F)(F)F)cc(C(F)(F)F)c2)cc(C(F)(F)F)c1. The lowest BCUT2D eigenvalue weighted by atomic mass is 9.12. The first kappa shape index (κ1) is 59.6. The number of carbonyl (C=O) groups excluding carboxylic acids is 1. The highest BCUT2D eigenvalue weighted by Crippen LogP contribution is 2.41. The molecule has 0 spiro atoms. The molecule has 404 valence electrons. The summed E-state index contributed by atoms with van der Waals surface area (Å²) < 4.78 is 341. The van der Waals surface area contributed by atoms with Crippen molar-refractivity contribution in [1.29, 1.82) is 0 Å². The topological polar surface area (TPSA) is 17.1 Å². The maximum atomic E-state index is 14.2. The Hall–Kier alpha value is -6.28. The fraction of sp³-hybridized carbons (Fsp3) is 0.229. The quantitative estimate of drug-likeness (QED) is 0.0642. The number of alkyl halides is 24. The van der Waals surface area contributed by atoms with E-state index in [1.54, 1.807) is 0 Å². The standard InChI is InChI=1S/C32H12BF24.C16H17OS/c34-25(35,36)13-1-14(26(37,38)39)6-21(5-13)33(22-7-15(27(40,41)42)2-16(8-22)28(43,44)45,23-9-17(29(46,47)48)3-18(10-23)30(49,50)51)24-11-19(31(52,53)54)4-20(12-24)32(55,56)57;1-13-8-6-7-11-16(13)18(2)12-15(17)14-9-4-3-5-10-14/h1-12H;3-11H,12H2,1-2H3/q-1;+1. The molecule has 6 rings (SSSR count). The summed E-state index contributed by atoms with van der Waals surface area (Å²) in [5, 5.41) is 0. The van der Waals surface area contributed by atoms with E-state index >= 15 is 0 Å². The van der Waals surface area contributed by atoms with Gasteiger partial charge in [-0.15, -0.1) is 0 Å². The van der Waals surface area contributed by atoms with Crippen LogP contribution in [0.15, 0.2) is 132 Å². The zero-order valence-electron chi connectivity index (χ0n) is 37.3. The first-order chi connectivity index (χ1) is 33.9. The van der Waals surface area contributed by atoms with Crippen LogP contribution < -0.4 is 21.9 Å². The third-order valence-electron chi connectivity index (χ3n) is 11.4. The van der Waals surface area contributed by atoms with Gasteiger partial charge in [-0.25, -0.2) is 0 Å². The summed E-state index contributed by atoms with van der Waals surface area (Å²) in [6.07, 6.45) is -52.7. The summed E-state index contributed by atoms with van der Waals surface area (Å²) in [5.41, 5.74) is -28.1. The van der Waals surface area contributed by atoms with Crippen LogP contribution in [0.4, 0.5) is 105 Å². The Morgan fingerprint density at radius 2 is 0.587 bits per heavy atom. The molecule has 0 aliphatic rings. The molecule has 27 heteroatoms. The number of ketones is 1. The van der Waals surface area contributed by atoms with Gasteiger partial charge in [0.1, 0.15) is 12.4 Å². The number of benzene rings is 6. The van der Waals surface area contributed by atoms with E-state index in [1.165, 1.54) is 10.5 Å². The monoisotopic (exact) mass is 1120 g/mol. The van der Waals surface area contributed by atoms with Gasteiger partial charge in [-0.3, -0.25) is 4.79 Å². The van der Waals surface area contributed by atoms with E-state index in [0.717, 1.165) is 5.56 Å². The van der Waals surface area contributed by atoms with E-state index in [-0.39, 0.29) is 16.7 Å². The lowest BCUT2D eigenvalue weighted by molar-refractivity contribution is -0.144. The Morgan fingerprint density at radius 1 is 0.360 bits per heavy atom. The summed E-state index contributed by atoms with van der Waals surface area (Å²) in [6, 6.07) is 9.02. The number of Topliss-reactive ketones (excluding diaryl/α,β-unsaturated/α-hetero) is 1. The number of hydrogen-bond donors (Lipinski definition) is 0. The van der Waals surface area contributed by atoms with Crippen molar-refractivity contribution in [2.24, 2.45) is 0 Å². The molecule has 0 saturated carbocycles. The van der Waals surface area contributed by atoms with Gasteiger partial charge < -0.3 is 0 Å². The molecule has 0 N–H and O–H groups in total. The molecule has 0 bridgehead atoms. The van der Waals surface area contributed by atoms with Crippen LogP contribution in [0.25, 0.3) is 0 Å². The van der Waals surface area contributed by atoms with Gasteiger partial charge in [-0.1, -0.05) is 97.1 Å². The van der Waals surface area contributed by atoms with Crippen molar-refractivity contribution in [3.63, 3.8) is 0 Å². The molecule has 1 unspecified atom stereocenters. The molecule has 6 aromatic carbocycles. The maximum Gasteiger partial charge on any atom is 0.416 e. The molecule has 0 radical (unpaired) electrons. The Bertz CT molecular complexity index is 2580. The highest BCUT2D eigenvalue weighted by atomic mass is 32.2. The van der Waals surface area contributed by atoms with Crippen LogP contribution >= 0.6 is 0 Å². The van der Waals surface area contributed by atoms with E-state index in [2.05, 4.69) is 25.3 Å². The molecule has 0 amide bonds. The zero-order chi connectivity index (χ0) is 56.9. The number of aryl methyl sites for hydroxylation is 1. The Labute approximate surface area is 410 Å². The summed E-state index contributed by atoms with van der Waals surface area (Å²) >= 11 is 0. The maximum absolute atomic E-state index is 14.2. The van der Waals surface area contributed by atoms with Crippen molar-refractivity contribution in [2.45, 2.75) is 61.2 Å². The van der Waals surface area contributed by atoms with Crippen molar-refractivity contribution in [3.8, 4) is 0 Å². The highest BCUT2D eigenvalue weighted by molar-refractivity contribution is 7.97. The van der Waals surface area contributed by atoms with E-state index in [4.69, 9.17) is 0 Å². The van der Waals surface area contributed by atoms with Crippen molar-refractivity contribution in [2.75, 3.05) is 12.0 Å². The van der Waals surface area contributed by atoms with Crippen LogP contribution in [0.5, 0.6) is 0 Å². The number of carbonyl (C=O) groups is 1. The second kappa shape index (κ2) is 20.7. The first-order valence-corrected chi connectivity index (χ1v) is 22.4. The summed E-state index contributed by atoms with van der Waals surface area (Å²) in [4.78, 5) is 13.4. The second-order valence-electron chi connectivity index (χ2n) is 16.6. The van der Waals surface area contributed by atoms with E-state index < -0.39 is 195 Å². The van der Waals surface area contributed by atoms with E-state index in [0.29, 0.717) is 5.75 Å². The number of rotatable bonds is 8. The lowest BCUT2D eigenvalue weighted by Gasteiger charge is -2.46. The third kappa shape index (κ3) is 14.0. The fourth-order valence-electron chi connectivity index (χ4n) is 8.00. The summed E-state index contributed by atoms with van der Waals surface area (Å²) in [7, 11) is -0.0251. The zero-order valence-corrected chi connectivity index (χ0v) is 38.1. The summed E-state index contributed by atoms with van der Waals surface area (Å²) in [6.45, 7) is 2.10. The normalized spacial score (nSPS) is 13.8. The Kier molecular flexibility index (Phi) is 16.4. The Balaban J connectivity index is 0.000000483. The van der Waals surface area contributed by atoms with E-state index in [1.807, 2.05) is 42.5 Å². The van der Waals surface area contributed by atoms with Crippen LogP contribution in [0.2, 0.25) is 0 Å². The van der Waals surface area contributed by atoms with Gasteiger partial charge in [0.05, 0.1) is 44.5 Å². The lowest BCUT2D eigenvalue weighted by Crippen LogP contribution is -2.75. The van der Waals surface area contributed by atoms with Gasteiger partial charge >= 0.3 is 49.4 Å². The molecule has 0 saturated heterocycles. The average molecular weight is 1120 g/mol. The Morgan fingerprint density at radius 3 is 0.813 bits per heavy atom. The van der Waals surface area contributed by atoms with Gasteiger partial charge in [0, 0.05) is 22.0 Å². The molecule has 0 aliphatic heterocycles. The average Bonchev–Trinajstić information content (AvgIpc) is 3.27. The fourth-order valence-corrected chi connectivity index (χ4v) is 9.64. The van der Waals surface area contributed by atoms with Gasteiger partial charge in [-0.05, 0) is 37.3 Å². The minimum absolute atomic E-state index is 0.0251. The molecule has 0 fully saturated rings. The van der Waals surface area contributed by atoms with Crippen molar-refractivity contribution < 1.29 is 110 Å². The number of hydrogen-bond acceptors (Lipinski definition) is 1. The first-order valence-electron chi connectivity index (χ1n) is 20.6. The molecule has 0 aromatic heterocycles. The minimum atomic E-state index is -6.13. The molecule has 75 heavy (non-hydrogen) atoms. The smallest absolute Gasteiger partial charge is 0.289 e. The molecule has 0 aliphatic carbocycles. The molecular formula is C48H29BF24OS. The molecule has 6 aromatic rings. The largest absolute Gasteiger partial charge is 0.416 e. The minimum Gasteiger partial charge on any atom is -0.289 e. The predicted molar refractivity (Wildman–Crippen MR) is 228 cm³/mol. The molecular weight excluding hydrogens is 1090 g/mol. The van der Waals surface area contributed by atoms with Gasteiger partial charge in [-0.2, -0.15) is 127 Å².